The van der Waals surface area contributed by atoms with Crippen LogP contribution in [-0.2, 0) is 19.9 Å². The van der Waals surface area contributed by atoms with Crippen molar-refractivity contribution in [2.75, 3.05) is 0 Å². The van der Waals surface area contributed by atoms with Gasteiger partial charge in [0, 0.05) is 29.2 Å². The summed E-state index contributed by atoms with van der Waals surface area (Å²) in [5, 5.41) is 12.8. The van der Waals surface area contributed by atoms with Gasteiger partial charge in [-0.1, -0.05) is 50.3 Å². The van der Waals surface area contributed by atoms with Crippen LogP contribution in [0.5, 0.6) is 0 Å². The fourth-order valence-corrected chi connectivity index (χ4v) is 8.08. The second-order valence-electron chi connectivity index (χ2n) is 12.3. The number of fused-ring (bicyclic) bond motifs is 5. The molecule has 1 aromatic rings. The number of aliphatic carboxylic acids is 1. The molecule has 0 spiro atoms. The minimum atomic E-state index is -0.860. The van der Waals surface area contributed by atoms with E-state index in [1.807, 2.05) is 50.3 Å². The van der Waals surface area contributed by atoms with E-state index in [9.17, 15) is 19.5 Å². The first kappa shape index (κ1) is 24.0. The summed E-state index contributed by atoms with van der Waals surface area (Å²) in [5.74, 6) is -0.273. The zero-order valence-electron chi connectivity index (χ0n) is 21.3. The summed E-state index contributed by atoms with van der Waals surface area (Å²) in [6.45, 7) is 8.40. The molecule has 2 fully saturated rings. The van der Waals surface area contributed by atoms with Gasteiger partial charge in [-0.15, -0.1) is 0 Å². The third-order valence-corrected chi connectivity index (χ3v) is 9.98. The summed E-state index contributed by atoms with van der Waals surface area (Å²) in [4.78, 5) is 39.0. The SMILES string of the molecule is CC(C)(NC(=O)[C@H]1CC[C@H]2[C@@H]3CC=C4C=C(C(=O)O)CC[C@]4(C)[C@H]3C(=O)C[C@]12C)c1ccccc1. The molecule has 4 aliphatic rings. The van der Waals surface area contributed by atoms with Gasteiger partial charge in [-0.05, 0) is 80.4 Å². The van der Waals surface area contributed by atoms with Crippen molar-refractivity contribution in [1.82, 2.24) is 5.32 Å². The first-order chi connectivity index (χ1) is 16.5. The fraction of sp³-hybridized carbons (Fsp3) is 0.567. The highest BCUT2D eigenvalue weighted by molar-refractivity contribution is 5.90. The van der Waals surface area contributed by atoms with Gasteiger partial charge in [0.25, 0.3) is 0 Å². The summed E-state index contributed by atoms with van der Waals surface area (Å²) in [5.41, 5.74) is 1.40. The molecule has 0 bridgehead atoms. The number of rotatable bonds is 4. The van der Waals surface area contributed by atoms with Gasteiger partial charge in [0.15, 0.2) is 0 Å². The largest absolute Gasteiger partial charge is 0.478 e. The van der Waals surface area contributed by atoms with E-state index in [4.69, 9.17) is 0 Å². The molecular formula is C30H37NO4. The zero-order valence-corrected chi connectivity index (χ0v) is 21.3. The number of hydrogen-bond acceptors (Lipinski definition) is 3. The van der Waals surface area contributed by atoms with Crippen molar-refractivity contribution in [2.24, 2.45) is 34.5 Å². The molecule has 2 N–H and O–H groups in total. The molecule has 0 unspecified atom stereocenters. The number of benzene rings is 1. The molecule has 5 rings (SSSR count). The van der Waals surface area contributed by atoms with E-state index in [1.165, 1.54) is 0 Å². The Morgan fingerprint density at radius 2 is 1.83 bits per heavy atom. The Morgan fingerprint density at radius 1 is 1.11 bits per heavy atom. The summed E-state index contributed by atoms with van der Waals surface area (Å²) in [7, 11) is 0. The molecule has 0 saturated heterocycles. The van der Waals surface area contributed by atoms with Gasteiger partial charge in [0.1, 0.15) is 5.78 Å². The Morgan fingerprint density at radius 3 is 2.51 bits per heavy atom. The number of carboxylic acids is 1. The molecular weight excluding hydrogens is 438 g/mol. The van der Waals surface area contributed by atoms with Crippen molar-refractivity contribution < 1.29 is 19.5 Å². The van der Waals surface area contributed by atoms with Gasteiger partial charge in [-0.3, -0.25) is 9.59 Å². The molecule has 5 nitrogen and oxygen atoms in total. The predicted molar refractivity (Wildman–Crippen MR) is 134 cm³/mol. The minimum absolute atomic E-state index is 0.0556. The van der Waals surface area contributed by atoms with Crippen LogP contribution in [0.4, 0.5) is 0 Å². The smallest absolute Gasteiger partial charge is 0.331 e. The Bertz CT molecular complexity index is 1130. The average molecular weight is 476 g/mol. The third-order valence-electron chi connectivity index (χ3n) is 9.98. The zero-order chi connectivity index (χ0) is 25.2. The molecule has 2 saturated carbocycles. The van der Waals surface area contributed by atoms with Crippen LogP contribution >= 0.6 is 0 Å². The first-order valence-corrected chi connectivity index (χ1v) is 13.0. The molecule has 1 amide bonds. The van der Waals surface area contributed by atoms with Gasteiger partial charge >= 0.3 is 5.97 Å². The van der Waals surface area contributed by atoms with E-state index < -0.39 is 11.5 Å². The Kier molecular flexibility index (Phi) is 5.61. The van der Waals surface area contributed by atoms with Crippen molar-refractivity contribution in [3.8, 4) is 0 Å². The van der Waals surface area contributed by atoms with Crippen LogP contribution in [0.2, 0.25) is 0 Å². The van der Waals surface area contributed by atoms with Crippen molar-refractivity contribution in [3.05, 3.63) is 59.2 Å². The Labute approximate surface area is 208 Å². The molecule has 1 aromatic carbocycles. The normalized spacial score (nSPS) is 36.3. The van der Waals surface area contributed by atoms with Crippen molar-refractivity contribution in [3.63, 3.8) is 0 Å². The number of allylic oxidation sites excluding steroid dienone is 3. The standard InChI is InChI=1S/C30H37NO4/c1-28(2,19-8-6-5-7-9-19)31-26(33)23-13-12-22-21-11-10-20-16-18(27(34)35)14-15-29(20,3)25(21)24(32)17-30(22,23)4/h5-10,16,21-23,25H,11-15,17H2,1-4H3,(H,31,33)(H,34,35)/t21-,22-,23+,25+,29-,30-/m0/s1. The quantitative estimate of drug-likeness (QED) is 0.609. The number of Topliss-reactive ketones (excluding diaryl/α,β-unsaturated/α-hetero) is 1. The lowest BCUT2D eigenvalue weighted by Gasteiger charge is -2.55. The van der Waals surface area contributed by atoms with E-state index >= 15 is 0 Å². The molecule has 186 valence electrons. The highest BCUT2D eigenvalue weighted by atomic mass is 16.4. The first-order valence-electron chi connectivity index (χ1n) is 13.0. The fourth-order valence-electron chi connectivity index (χ4n) is 8.08. The van der Waals surface area contributed by atoms with Crippen LogP contribution in [0.15, 0.2) is 53.6 Å². The maximum absolute atomic E-state index is 13.8. The highest BCUT2D eigenvalue weighted by Gasteiger charge is 2.62. The van der Waals surface area contributed by atoms with Crippen molar-refractivity contribution >= 4 is 17.7 Å². The molecule has 4 aliphatic carbocycles. The van der Waals surface area contributed by atoms with E-state index in [0.717, 1.165) is 30.4 Å². The molecule has 0 aliphatic heterocycles. The van der Waals surface area contributed by atoms with Gasteiger partial charge in [0.2, 0.25) is 5.91 Å². The summed E-state index contributed by atoms with van der Waals surface area (Å²) in [6.07, 6.45) is 8.20. The minimum Gasteiger partial charge on any atom is -0.478 e. The molecule has 0 heterocycles. The monoisotopic (exact) mass is 475 g/mol. The number of hydrogen-bond donors (Lipinski definition) is 2. The van der Waals surface area contributed by atoms with Crippen LogP contribution in [0, 0.1) is 34.5 Å². The topological polar surface area (TPSA) is 83.5 Å². The predicted octanol–water partition coefficient (Wildman–Crippen LogP) is 5.42. The highest BCUT2D eigenvalue weighted by Crippen LogP contribution is 2.65. The molecule has 5 heteroatoms. The Hall–Kier alpha value is -2.69. The third kappa shape index (κ3) is 3.70. The molecule has 35 heavy (non-hydrogen) atoms. The molecule has 6 atom stereocenters. The number of carboxylic acid groups (broad SMARTS) is 1. The summed E-state index contributed by atoms with van der Waals surface area (Å²) in [6, 6.07) is 10.0. The maximum Gasteiger partial charge on any atom is 0.331 e. The van der Waals surface area contributed by atoms with Crippen LogP contribution in [0.25, 0.3) is 0 Å². The van der Waals surface area contributed by atoms with Crippen molar-refractivity contribution in [1.29, 1.82) is 0 Å². The van der Waals surface area contributed by atoms with Crippen LogP contribution in [0.3, 0.4) is 0 Å². The van der Waals surface area contributed by atoms with Crippen LogP contribution < -0.4 is 5.32 Å². The van der Waals surface area contributed by atoms with E-state index in [1.54, 1.807) is 0 Å². The van der Waals surface area contributed by atoms with Crippen LogP contribution in [0.1, 0.15) is 71.8 Å². The average Bonchev–Trinajstić information content (AvgIpc) is 3.15. The number of nitrogens with one attached hydrogen (secondary N) is 1. The second kappa shape index (κ2) is 8.18. The van der Waals surface area contributed by atoms with Crippen molar-refractivity contribution in [2.45, 2.75) is 71.8 Å². The lowest BCUT2D eigenvalue weighted by molar-refractivity contribution is -0.146. The van der Waals surface area contributed by atoms with E-state index in [-0.39, 0.29) is 40.3 Å². The van der Waals surface area contributed by atoms with Gasteiger partial charge in [-0.2, -0.15) is 0 Å². The summed E-state index contributed by atoms with van der Waals surface area (Å²) < 4.78 is 0. The van der Waals surface area contributed by atoms with E-state index in [0.29, 0.717) is 30.8 Å². The number of ketones is 1. The maximum atomic E-state index is 13.8. The van der Waals surface area contributed by atoms with Gasteiger partial charge in [0.05, 0.1) is 5.54 Å². The second-order valence-corrected chi connectivity index (χ2v) is 12.3. The van der Waals surface area contributed by atoms with E-state index in [2.05, 4.69) is 25.2 Å². The number of carbonyl (C=O) groups is 3. The number of carbonyl (C=O) groups excluding carboxylic acids is 2. The lowest BCUT2D eigenvalue weighted by atomic mass is 9.47. The number of amides is 1. The molecule has 0 radical (unpaired) electrons. The Balaban J connectivity index is 1.41. The van der Waals surface area contributed by atoms with Gasteiger partial charge < -0.3 is 10.4 Å². The van der Waals surface area contributed by atoms with Gasteiger partial charge in [-0.25, -0.2) is 4.79 Å². The molecule has 0 aromatic heterocycles. The summed E-state index contributed by atoms with van der Waals surface area (Å²) >= 11 is 0. The lowest BCUT2D eigenvalue weighted by Crippen LogP contribution is -2.56. The van der Waals surface area contributed by atoms with Crippen LogP contribution in [-0.4, -0.2) is 22.8 Å².